The monoisotopic (exact) mass is 452 g/mol. The van der Waals surface area contributed by atoms with Gasteiger partial charge < -0.3 is 15.5 Å². The molecule has 0 aliphatic carbocycles. The van der Waals surface area contributed by atoms with Gasteiger partial charge in [0.15, 0.2) is 0 Å². The van der Waals surface area contributed by atoms with Gasteiger partial charge in [0.1, 0.15) is 5.82 Å². The molecule has 0 bridgehead atoms. The van der Waals surface area contributed by atoms with Crippen LogP contribution in [0.1, 0.15) is 31.7 Å². The summed E-state index contributed by atoms with van der Waals surface area (Å²) in [5, 5.41) is 5.74. The van der Waals surface area contributed by atoms with E-state index in [0.717, 1.165) is 51.1 Å². The molecule has 2 aromatic carbocycles. The standard InChI is InChI=1S/C26H33FN4O2/c1-18(32)28-23-7-3-19(4-8-23)16-31-13-11-20(12-14-31)25-15-21(17-30(25)2)26(33)29-24-9-5-22(27)6-10-24/h3-10,20-21,25H,11-17H2,1-2H3,(H,28,32)(H,29,33)/t21-,25-/m1/s1. The number of amides is 2. The second kappa shape index (κ2) is 10.4. The molecule has 2 N–H and O–H groups in total. The molecular formula is C26H33FN4O2. The largest absolute Gasteiger partial charge is 0.326 e. The van der Waals surface area contributed by atoms with Crippen LogP contribution in [0.4, 0.5) is 15.8 Å². The fraction of sp³-hybridized carbons (Fsp3) is 0.462. The van der Waals surface area contributed by atoms with Crippen molar-refractivity contribution in [2.45, 2.75) is 38.8 Å². The maximum Gasteiger partial charge on any atom is 0.228 e. The lowest BCUT2D eigenvalue weighted by molar-refractivity contribution is -0.119. The van der Waals surface area contributed by atoms with Gasteiger partial charge in [-0.15, -0.1) is 0 Å². The first-order chi connectivity index (χ1) is 15.9. The van der Waals surface area contributed by atoms with Crippen LogP contribution in [-0.2, 0) is 16.1 Å². The highest BCUT2D eigenvalue weighted by molar-refractivity contribution is 5.93. The minimum atomic E-state index is -0.304. The summed E-state index contributed by atoms with van der Waals surface area (Å²) in [6, 6.07) is 14.4. The first-order valence-electron chi connectivity index (χ1n) is 11.7. The lowest BCUT2D eigenvalue weighted by Crippen LogP contribution is -2.41. The number of nitrogens with one attached hydrogen (secondary N) is 2. The summed E-state index contributed by atoms with van der Waals surface area (Å²) < 4.78 is 13.1. The quantitative estimate of drug-likeness (QED) is 0.697. The van der Waals surface area contributed by atoms with Gasteiger partial charge in [-0.25, -0.2) is 4.39 Å². The van der Waals surface area contributed by atoms with Crippen LogP contribution in [0.25, 0.3) is 0 Å². The molecule has 7 heteroatoms. The summed E-state index contributed by atoms with van der Waals surface area (Å²) in [6.07, 6.45) is 3.13. The van der Waals surface area contributed by atoms with E-state index in [9.17, 15) is 14.0 Å². The highest BCUT2D eigenvalue weighted by atomic mass is 19.1. The van der Waals surface area contributed by atoms with Crippen molar-refractivity contribution in [2.24, 2.45) is 11.8 Å². The van der Waals surface area contributed by atoms with Crippen LogP contribution in [0, 0.1) is 17.7 Å². The number of rotatable bonds is 6. The fourth-order valence-electron chi connectivity index (χ4n) is 5.20. The Balaban J connectivity index is 1.25. The molecule has 2 aliphatic rings. The molecule has 2 fully saturated rings. The number of hydrogen-bond donors (Lipinski definition) is 2. The zero-order valence-electron chi connectivity index (χ0n) is 19.4. The molecule has 4 rings (SSSR count). The van der Waals surface area contributed by atoms with Crippen molar-refractivity contribution in [3.8, 4) is 0 Å². The van der Waals surface area contributed by atoms with Gasteiger partial charge >= 0.3 is 0 Å². The van der Waals surface area contributed by atoms with E-state index in [1.54, 1.807) is 12.1 Å². The Kier molecular flexibility index (Phi) is 7.40. The number of hydrogen-bond acceptors (Lipinski definition) is 4. The smallest absolute Gasteiger partial charge is 0.228 e. The van der Waals surface area contributed by atoms with E-state index < -0.39 is 0 Å². The minimum Gasteiger partial charge on any atom is -0.326 e. The third-order valence-electron chi connectivity index (χ3n) is 6.94. The van der Waals surface area contributed by atoms with E-state index in [0.29, 0.717) is 17.6 Å². The van der Waals surface area contributed by atoms with Crippen LogP contribution in [0.15, 0.2) is 48.5 Å². The van der Waals surface area contributed by atoms with Gasteiger partial charge in [-0.1, -0.05) is 12.1 Å². The molecule has 6 nitrogen and oxygen atoms in total. The Bertz CT molecular complexity index is 955. The Morgan fingerprint density at radius 3 is 2.21 bits per heavy atom. The number of likely N-dealkylation sites (tertiary alicyclic amines) is 2. The molecule has 2 saturated heterocycles. The third kappa shape index (κ3) is 6.18. The Hall–Kier alpha value is -2.77. The number of benzene rings is 2. The summed E-state index contributed by atoms with van der Waals surface area (Å²) in [7, 11) is 2.12. The zero-order chi connectivity index (χ0) is 23.4. The second-order valence-corrected chi connectivity index (χ2v) is 9.43. The summed E-state index contributed by atoms with van der Waals surface area (Å²) in [5.41, 5.74) is 2.72. The predicted molar refractivity (Wildman–Crippen MR) is 128 cm³/mol. The predicted octanol–water partition coefficient (Wildman–Crippen LogP) is 3.96. The van der Waals surface area contributed by atoms with Crippen LogP contribution < -0.4 is 10.6 Å². The van der Waals surface area contributed by atoms with Crippen LogP contribution in [0.5, 0.6) is 0 Å². The molecule has 0 unspecified atom stereocenters. The molecule has 0 spiro atoms. The molecular weight excluding hydrogens is 419 g/mol. The number of halogens is 1. The van der Waals surface area contributed by atoms with Crippen LogP contribution in [0.2, 0.25) is 0 Å². The summed E-state index contributed by atoms with van der Waals surface area (Å²) in [6.45, 7) is 5.29. The van der Waals surface area contributed by atoms with Crippen LogP contribution in [-0.4, -0.2) is 54.3 Å². The van der Waals surface area contributed by atoms with E-state index in [1.165, 1.54) is 24.6 Å². The molecule has 2 heterocycles. The first kappa shape index (κ1) is 23.4. The van der Waals surface area contributed by atoms with Gasteiger partial charge in [-0.2, -0.15) is 0 Å². The van der Waals surface area contributed by atoms with E-state index in [4.69, 9.17) is 0 Å². The first-order valence-corrected chi connectivity index (χ1v) is 11.7. The molecule has 2 aromatic rings. The molecule has 2 amide bonds. The van der Waals surface area contributed by atoms with Crippen molar-refractivity contribution >= 4 is 23.2 Å². The van der Waals surface area contributed by atoms with Crippen molar-refractivity contribution in [1.82, 2.24) is 9.80 Å². The van der Waals surface area contributed by atoms with Crippen molar-refractivity contribution < 1.29 is 14.0 Å². The summed E-state index contributed by atoms with van der Waals surface area (Å²) in [4.78, 5) is 28.7. The highest BCUT2D eigenvalue weighted by Crippen LogP contribution is 2.33. The number of nitrogens with zero attached hydrogens (tertiary/aromatic N) is 2. The van der Waals surface area contributed by atoms with E-state index in [1.807, 2.05) is 12.1 Å². The fourth-order valence-corrected chi connectivity index (χ4v) is 5.20. The van der Waals surface area contributed by atoms with Gasteiger partial charge in [-0.05, 0) is 87.3 Å². The molecule has 176 valence electrons. The number of piperidine rings is 1. The molecule has 0 aromatic heterocycles. The zero-order valence-corrected chi connectivity index (χ0v) is 19.4. The molecule has 0 saturated carbocycles. The maximum atomic E-state index is 13.1. The van der Waals surface area contributed by atoms with Gasteiger partial charge in [0.05, 0.1) is 5.92 Å². The van der Waals surface area contributed by atoms with E-state index >= 15 is 0 Å². The number of anilines is 2. The lowest BCUT2D eigenvalue weighted by atomic mass is 9.86. The van der Waals surface area contributed by atoms with Crippen molar-refractivity contribution in [2.75, 3.05) is 37.3 Å². The van der Waals surface area contributed by atoms with Gasteiger partial charge in [-0.3, -0.25) is 14.5 Å². The topological polar surface area (TPSA) is 64.7 Å². The third-order valence-corrected chi connectivity index (χ3v) is 6.94. The summed E-state index contributed by atoms with van der Waals surface area (Å²) >= 11 is 0. The summed E-state index contributed by atoms with van der Waals surface area (Å²) in [5.74, 6) is 0.220. The lowest BCUT2D eigenvalue weighted by Gasteiger charge is -2.37. The number of carbonyl (C=O) groups excluding carboxylic acids is 2. The van der Waals surface area contributed by atoms with Crippen molar-refractivity contribution in [3.63, 3.8) is 0 Å². The average Bonchev–Trinajstić information content (AvgIpc) is 3.19. The van der Waals surface area contributed by atoms with Crippen LogP contribution >= 0.6 is 0 Å². The Labute approximate surface area is 195 Å². The number of carbonyl (C=O) groups is 2. The van der Waals surface area contributed by atoms with Gasteiger partial charge in [0.25, 0.3) is 0 Å². The van der Waals surface area contributed by atoms with Crippen LogP contribution in [0.3, 0.4) is 0 Å². The minimum absolute atomic E-state index is 0.0242. The molecule has 2 atom stereocenters. The SMILES string of the molecule is CC(=O)Nc1ccc(CN2CCC([C@H]3C[C@@H](C(=O)Nc4ccc(F)cc4)CN3C)CC2)cc1. The Morgan fingerprint density at radius 1 is 0.970 bits per heavy atom. The second-order valence-electron chi connectivity index (χ2n) is 9.43. The van der Waals surface area contributed by atoms with E-state index in [-0.39, 0.29) is 23.5 Å². The normalized spacial score (nSPS) is 22.3. The maximum absolute atomic E-state index is 13.1. The molecule has 0 radical (unpaired) electrons. The van der Waals surface area contributed by atoms with Gasteiger partial charge in [0.2, 0.25) is 11.8 Å². The Morgan fingerprint density at radius 2 is 1.58 bits per heavy atom. The molecule has 33 heavy (non-hydrogen) atoms. The average molecular weight is 453 g/mol. The van der Waals surface area contributed by atoms with Gasteiger partial charge in [0, 0.05) is 37.4 Å². The van der Waals surface area contributed by atoms with Crippen molar-refractivity contribution in [3.05, 3.63) is 59.9 Å². The highest BCUT2D eigenvalue weighted by Gasteiger charge is 2.39. The molecule has 2 aliphatic heterocycles. The van der Waals surface area contributed by atoms with E-state index in [2.05, 4.69) is 39.6 Å². The van der Waals surface area contributed by atoms with Crippen molar-refractivity contribution in [1.29, 1.82) is 0 Å².